The summed E-state index contributed by atoms with van der Waals surface area (Å²) in [7, 11) is 1.72. The first-order valence-electron chi connectivity index (χ1n) is 6.38. The largest absolute Gasteiger partial charge is 0.385 e. The van der Waals surface area contributed by atoms with Crippen LogP contribution in [0.5, 0.6) is 0 Å². The van der Waals surface area contributed by atoms with Gasteiger partial charge in [-0.15, -0.1) is 11.8 Å². The predicted molar refractivity (Wildman–Crippen MR) is 73.6 cm³/mol. The summed E-state index contributed by atoms with van der Waals surface area (Å²) in [6.07, 6.45) is 2.03. The SMILES string of the molecule is COCCC(C)NC1CCSc2ccc(F)cc21. The standard InChI is InChI=1S/C14H20FNOS/c1-10(5-7-17-2)16-13-6-8-18-14-4-3-11(15)9-12(13)14/h3-4,9-10,13,16H,5-8H2,1-2H3. The second kappa shape index (κ2) is 6.55. The van der Waals surface area contributed by atoms with Gasteiger partial charge in [0.2, 0.25) is 0 Å². The third-order valence-electron chi connectivity index (χ3n) is 3.25. The van der Waals surface area contributed by atoms with E-state index in [0.717, 1.165) is 30.8 Å². The molecule has 0 aliphatic carbocycles. The van der Waals surface area contributed by atoms with Crippen molar-refractivity contribution >= 4 is 11.8 Å². The summed E-state index contributed by atoms with van der Waals surface area (Å²) in [5.74, 6) is 0.945. The highest BCUT2D eigenvalue weighted by atomic mass is 32.2. The first kappa shape index (κ1) is 13.8. The minimum absolute atomic E-state index is 0.146. The molecule has 2 nitrogen and oxygen atoms in total. The number of fused-ring (bicyclic) bond motifs is 1. The predicted octanol–water partition coefficient (Wildman–Crippen LogP) is 3.38. The van der Waals surface area contributed by atoms with Crippen molar-refractivity contribution in [2.24, 2.45) is 0 Å². The molecule has 0 spiro atoms. The molecule has 0 bridgehead atoms. The molecule has 18 heavy (non-hydrogen) atoms. The summed E-state index contributed by atoms with van der Waals surface area (Å²) in [6, 6.07) is 5.76. The summed E-state index contributed by atoms with van der Waals surface area (Å²) in [4.78, 5) is 1.21. The van der Waals surface area contributed by atoms with Gasteiger partial charge in [0.15, 0.2) is 0 Å². The van der Waals surface area contributed by atoms with Gasteiger partial charge in [-0.05, 0) is 49.3 Å². The van der Waals surface area contributed by atoms with Crippen LogP contribution in [0.1, 0.15) is 31.4 Å². The van der Waals surface area contributed by atoms with E-state index >= 15 is 0 Å². The van der Waals surface area contributed by atoms with Gasteiger partial charge in [-0.25, -0.2) is 4.39 Å². The van der Waals surface area contributed by atoms with Crippen LogP contribution in [-0.2, 0) is 4.74 Å². The quantitative estimate of drug-likeness (QED) is 0.885. The van der Waals surface area contributed by atoms with E-state index in [9.17, 15) is 4.39 Å². The lowest BCUT2D eigenvalue weighted by Gasteiger charge is -2.29. The smallest absolute Gasteiger partial charge is 0.123 e. The third-order valence-corrected chi connectivity index (χ3v) is 4.37. The van der Waals surface area contributed by atoms with Crippen LogP contribution in [0, 0.1) is 5.82 Å². The molecule has 0 aromatic heterocycles. The number of methoxy groups -OCH3 is 1. The van der Waals surface area contributed by atoms with Crippen LogP contribution in [-0.4, -0.2) is 25.5 Å². The van der Waals surface area contributed by atoms with Crippen molar-refractivity contribution < 1.29 is 9.13 Å². The highest BCUT2D eigenvalue weighted by molar-refractivity contribution is 7.99. The van der Waals surface area contributed by atoms with Gasteiger partial charge < -0.3 is 10.1 Å². The van der Waals surface area contributed by atoms with Gasteiger partial charge >= 0.3 is 0 Å². The maximum absolute atomic E-state index is 13.4. The molecule has 2 unspecified atom stereocenters. The van der Waals surface area contributed by atoms with Crippen molar-refractivity contribution in [3.63, 3.8) is 0 Å². The molecule has 4 heteroatoms. The highest BCUT2D eigenvalue weighted by Crippen LogP contribution is 2.36. The van der Waals surface area contributed by atoms with Gasteiger partial charge in [0.1, 0.15) is 5.82 Å². The zero-order valence-corrected chi connectivity index (χ0v) is 11.7. The zero-order valence-electron chi connectivity index (χ0n) is 10.9. The third kappa shape index (κ3) is 3.46. The Kier molecular flexibility index (Phi) is 5.03. The molecular weight excluding hydrogens is 249 g/mol. The maximum atomic E-state index is 13.4. The Morgan fingerprint density at radius 2 is 2.39 bits per heavy atom. The molecule has 0 radical (unpaired) electrons. The zero-order chi connectivity index (χ0) is 13.0. The lowest BCUT2D eigenvalue weighted by atomic mass is 10.0. The van der Waals surface area contributed by atoms with Gasteiger partial charge in [0.25, 0.3) is 0 Å². The first-order valence-corrected chi connectivity index (χ1v) is 7.36. The van der Waals surface area contributed by atoms with Crippen molar-refractivity contribution in [3.05, 3.63) is 29.6 Å². The van der Waals surface area contributed by atoms with Crippen molar-refractivity contribution in [1.29, 1.82) is 0 Å². The van der Waals surface area contributed by atoms with E-state index in [0.29, 0.717) is 6.04 Å². The van der Waals surface area contributed by atoms with Crippen LogP contribution in [0.25, 0.3) is 0 Å². The van der Waals surface area contributed by atoms with Crippen LogP contribution in [0.3, 0.4) is 0 Å². The number of ether oxygens (including phenoxy) is 1. The second-order valence-electron chi connectivity index (χ2n) is 4.72. The van der Waals surface area contributed by atoms with E-state index in [1.165, 1.54) is 4.90 Å². The minimum Gasteiger partial charge on any atom is -0.385 e. The number of hydrogen-bond acceptors (Lipinski definition) is 3. The number of thioether (sulfide) groups is 1. The van der Waals surface area contributed by atoms with Gasteiger partial charge in [0.05, 0.1) is 0 Å². The molecule has 1 aromatic carbocycles. The van der Waals surface area contributed by atoms with Crippen molar-refractivity contribution in [3.8, 4) is 0 Å². The minimum atomic E-state index is -0.146. The van der Waals surface area contributed by atoms with Crippen LogP contribution >= 0.6 is 11.8 Å². The second-order valence-corrected chi connectivity index (χ2v) is 5.86. The van der Waals surface area contributed by atoms with E-state index < -0.39 is 0 Å². The molecule has 0 fully saturated rings. The summed E-state index contributed by atoms with van der Waals surface area (Å²) < 4.78 is 18.4. The van der Waals surface area contributed by atoms with Gasteiger partial charge in [0, 0.05) is 30.7 Å². The van der Waals surface area contributed by atoms with Crippen LogP contribution < -0.4 is 5.32 Å². The number of halogens is 1. The normalized spacial score (nSPS) is 20.5. The molecule has 0 saturated heterocycles. The molecule has 2 atom stereocenters. The highest BCUT2D eigenvalue weighted by Gasteiger charge is 2.22. The molecule has 0 saturated carbocycles. The molecule has 1 aromatic rings. The van der Waals surface area contributed by atoms with Crippen molar-refractivity contribution in [1.82, 2.24) is 5.32 Å². The first-order chi connectivity index (χ1) is 8.70. The van der Waals surface area contributed by atoms with Crippen molar-refractivity contribution in [2.75, 3.05) is 19.5 Å². The molecule has 1 N–H and O–H groups in total. The summed E-state index contributed by atoms with van der Waals surface area (Å²) in [5, 5.41) is 3.58. The van der Waals surface area contributed by atoms with E-state index in [1.807, 2.05) is 17.8 Å². The number of nitrogens with one attached hydrogen (secondary N) is 1. The molecule has 0 amide bonds. The lowest BCUT2D eigenvalue weighted by Crippen LogP contribution is -2.33. The van der Waals surface area contributed by atoms with E-state index in [4.69, 9.17) is 4.74 Å². The number of benzene rings is 1. The lowest BCUT2D eigenvalue weighted by molar-refractivity contribution is 0.182. The summed E-state index contributed by atoms with van der Waals surface area (Å²) in [6.45, 7) is 2.91. The Hall–Kier alpha value is -0.580. The summed E-state index contributed by atoms with van der Waals surface area (Å²) in [5.41, 5.74) is 1.11. The Bertz CT molecular complexity index is 399. The average Bonchev–Trinajstić information content (AvgIpc) is 2.37. The van der Waals surface area contributed by atoms with Crippen LogP contribution in [0.4, 0.5) is 4.39 Å². The van der Waals surface area contributed by atoms with E-state index in [2.05, 4.69) is 12.2 Å². The molecule has 2 rings (SSSR count). The van der Waals surface area contributed by atoms with Crippen LogP contribution in [0.15, 0.2) is 23.1 Å². The fraction of sp³-hybridized carbons (Fsp3) is 0.571. The topological polar surface area (TPSA) is 21.3 Å². The fourth-order valence-corrected chi connectivity index (χ4v) is 3.37. The molecule has 1 aliphatic heterocycles. The molecular formula is C14H20FNOS. The monoisotopic (exact) mass is 269 g/mol. The van der Waals surface area contributed by atoms with Crippen molar-refractivity contribution in [2.45, 2.75) is 36.7 Å². The summed E-state index contributed by atoms with van der Waals surface area (Å²) >= 11 is 1.81. The molecule has 1 aliphatic rings. The Morgan fingerprint density at radius 3 is 3.17 bits per heavy atom. The van der Waals surface area contributed by atoms with E-state index in [1.54, 1.807) is 19.2 Å². The van der Waals surface area contributed by atoms with Gasteiger partial charge in [-0.1, -0.05) is 0 Å². The number of rotatable bonds is 5. The Morgan fingerprint density at radius 1 is 1.56 bits per heavy atom. The van der Waals surface area contributed by atoms with Gasteiger partial charge in [-0.2, -0.15) is 0 Å². The van der Waals surface area contributed by atoms with Gasteiger partial charge in [-0.3, -0.25) is 0 Å². The maximum Gasteiger partial charge on any atom is 0.123 e. The molecule has 100 valence electrons. The number of hydrogen-bond donors (Lipinski definition) is 1. The molecule has 1 heterocycles. The average molecular weight is 269 g/mol. The Balaban J connectivity index is 2.05. The van der Waals surface area contributed by atoms with Crippen LogP contribution in [0.2, 0.25) is 0 Å². The Labute approximate surface area is 112 Å². The fourth-order valence-electron chi connectivity index (χ4n) is 2.26. The van der Waals surface area contributed by atoms with E-state index in [-0.39, 0.29) is 11.9 Å².